The quantitative estimate of drug-likeness (QED) is 0.700. The van der Waals surface area contributed by atoms with Crippen LogP contribution in [0.25, 0.3) is 11.0 Å². The van der Waals surface area contributed by atoms with Crippen LogP contribution < -0.4 is 15.8 Å². The molecule has 1 atom stereocenters. The van der Waals surface area contributed by atoms with Crippen molar-refractivity contribution in [3.8, 4) is 11.5 Å². The molecule has 1 aromatic heterocycles. The molecule has 27 heavy (non-hydrogen) atoms. The monoisotopic (exact) mass is 368 g/mol. The molecule has 140 valence electrons. The summed E-state index contributed by atoms with van der Waals surface area (Å²) in [5, 5.41) is 2.83. The van der Waals surface area contributed by atoms with Gasteiger partial charge in [-0.15, -0.1) is 0 Å². The first-order valence-corrected chi connectivity index (χ1v) is 8.99. The molecule has 1 aliphatic carbocycles. The third-order valence-electron chi connectivity index (χ3n) is 4.53. The van der Waals surface area contributed by atoms with Crippen molar-refractivity contribution in [3.63, 3.8) is 0 Å². The summed E-state index contributed by atoms with van der Waals surface area (Å²) in [7, 11) is 0. The van der Waals surface area contributed by atoms with Gasteiger partial charge in [-0.2, -0.15) is 0 Å². The molecule has 3 N–H and O–H groups in total. The molecule has 0 unspecified atom stereocenters. The van der Waals surface area contributed by atoms with Crippen molar-refractivity contribution in [2.45, 2.75) is 38.4 Å². The number of nitrogens with two attached hydrogens (primary N) is 1. The number of ether oxygens (including phenoxy) is 1. The second kappa shape index (κ2) is 7.00. The van der Waals surface area contributed by atoms with Gasteiger partial charge in [-0.3, -0.25) is 4.79 Å². The minimum atomic E-state index is -0.556. The van der Waals surface area contributed by atoms with Crippen molar-refractivity contribution in [1.82, 2.24) is 14.9 Å². The largest absolute Gasteiger partial charge is 0.457 e. The smallest absolute Gasteiger partial charge is 0.237 e. The third kappa shape index (κ3) is 3.78. The number of hydrogen-bond acceptors (Lipinski definition) is 4. The lowest BCUT2D eigenvalue weighted by atomic mass is 10.3. The number of benzene rings is 2. The van der Waals surface area contributed by atoms with Gasteiger partial charge in [-0.1, -0.05) is 0 Å². The zero-order valence-electron chi connectivity index (χ0n) is 15.0. The summed E-state index contributed by atoms with van der Waals surface area (Å²) in [5.41, 5.74) is 7.41. The fourth-order valence-electron chi connectivity index (χ4n) is 3.02. The highest BCUT2D eigenvalue weighted by Crippen LogP contribution is 2.39. The Kier molecular flexibility index (Phi) is 4.53. The van der Waals surface area contributed by atoms with E-state index in [9.17, 15) is 9.18 Å². The molecule has 7 heteroatoms. The van der Waals surface area contributed by atoms with Crippen molar-refractivity contribution in [1.29, 1.82) is 0 Å². The zero-order chi connectivity index (χ0) is 19.0. The summed E-state index contributed by atoms with van der Waals surface area (Å²) in [5.74, 6) is 1.52. The lowest BCUT2D eigenvalue weighted by Crippen LogP contribution is -2.38. The maximum absolute atomic E-state index is 13.1. The summed E-state index contributed by atoms with van der Waals surface area (Å²) in [6.45, 7) is 1.98. The molecular formula is C20H21FN4O2. The first-order chi connectivity index (χ1) is 13.0. The predicted molar refractivity (Wildman–Crippen MR) is 100.0 cm³/mol. The number of nitrogens with zero attached hydrogens (tertiary/aromatic N) is 2. The van der Waals surface area contributed by atoms with Crippen LogP contribution in [0.4, 0.5) is 4.39 Å². The van der Waals surface area contributed by atoms with E-state index >= 15 is 0 Å². The van der Waals surface area contributed by atoms with E-state index in [4.69, 9.17) is 10.5 Å². The first-order valence-electron chi connectivity index (χ1n) is 8.99. The number of nitrogens with one attached hydrogen (secondary N) is 1. The summed E-state index contributed by atoms with van der Waals surface area (Å²) < 4.78 is 21.1. The number of amides is 1. The van der Waals surface area contributed by atoms with E-state index in [1.54, 1.807) is 19.1 Å². The Morgan fingerprint density at radius 1 is 1.30 bits per heavy atom. The highest BCUT2D eigenvalue weighted by Gasteiger charge is 2.28. The van der Waals surface area contributed by atoms with Crippen LogP contribution in [-0.4, -0.2) is 21.5 Å². The molecule has 2 aromatic carbocycles. The summed E-state index contributed by atoms with van der Waals surface area (Å²) >= 11 is 0. The number of fused-ring (bicyclic) bond motifs is 1. The Morgan fingerprint density at radius 3 is 2.67 bits per heavy atom. The van der Waals surface area contributed by atoms with Crippen LogP contribution >= 0.6 is 0 Å². The molecule has 6 nitrogen and oxygen atoms in total. The fraction of sp³-hybridized carbons (Fsp3) is 0.300. The van der Waals surface area contributed by atoms with Crippen LogP contribution in [-0.2, 0) is 11.3 Å². The second-order valence-electron chi connectivity index (χ2n) is 6.84. The van der Waals surface area contributed by atoms with Gasteiger partial charge in [0.25, 0.3) is 0 Å². The van der Waals surface area contributed by atoms with Crippen LogP contribution in [0.3, 0.4) is 0 Å². The Morgan fingerprint density at radius 2 is 2.00 bits per heavy atom. The van der Waals surface area contributed by atoms with E-state index in [1.165, 1.54) is 12.1 Å². The normalized spacial score (nSPS) is 14.9. The number of hydrogen-bond donors (Lipinski definition) is 2. The number of halogens is 1. The van der Waals surface area contributed by atoms with Crippen LogP contribution in [0.5, 0.6) is 11.5 Å². The van der Waals surface area contributed by atoms with E-state index in [0.717, 1.165) is 29.7 Å². The molecule has 0 aliphatic heterocycles. The van der Waals surface area contributed by atoms with Gasteiger partial charge in [-0.05, 0) is 56.2 Å². The van der Waals surface area contributed by atoms with Crippen molar-refractivity contribution < 1.29 is 13.9 Å². The van der Waals surface area contributed by atoms with E-state index in [1.807, 2.05) is 18.2 Å². The maximum atomic E-state index is 13.1. The van der Waals surface area contributed by atoms with Crippen LogP contribution in [0.1, 0.15) is 31.6 Å². The average Bonchev–Trinajstić information content (AvgIpc) is 3.42. The number of aromatic nitrogens is 2. The zero-order valence-corrected chi connectivity index (χ0v) is 15.0. The molecule has 0 radical (unpaired) electrons. The Hall–Kier alpha value is -2.93. The Balaban J connectivity index is 1.63. The number of rotatable bonds is 6. The van der Waals surface area contributed by atoms with Crippen LogP contribution in [0.2, 0.25) is 0 Å². The summed E-state index contributed by atoms with van der Waals surface area (Å²) in [6, 6.07) is 11.4. The highest BCUT2D eigenvalue weighted by atomic mass is 19.1. The number of imidazole rings is 1. The number of carbonyl (C=O) groups excluding carboxylic acids is 1. The topological polar surface area (TPSA) is 82.2 Å². The Bertz CT molecular complexity index is 978. The molecule has 1 saturated carbocycles. The van der Waals surface area contributed by atoms with Gasteiger partial charge < -0.3 is 20.4 Å². The van der Waals surface area contributed by atoms with Gasteiger partial charge in [0.15, 0.2) is 0 Å². The van der Waals surface area contributed by atoms with Gasteiger partial charge in [0.2, 0.25) is 5.91 Å². The van der Waals surface area contributed by atoms with E-state index in [-0.39, 0.29) is 11.7 Å². The standard InChI is InChI=1S/C20H21FN4O2/c1-12(22)20(26)23-11-19-24-17-9-8-16(10-18(17)25(19)14-4-5-14)27-15-6-2-13(21)3-7-15/h2-3,6-10,12,14H,4-5,11,22H2,1H3,(H,23,26)/t12-/m0/s1. The molecular weight excluding hydrogens is 347 g/mol. The first kappa shape index (κ1) is 17.5. The molecule has 3 aromatic rings. The summed E-state index contributed by atoms with van der Waals surface area (Å²) in [6.07, 6.45) is 2.17. The van der Waals surface area contributed by atoms with Crippen molar-refractivity contribution >= 4 is 16.9 Å². The van der Waals surface area contributed by atoms with Crippen molar-refractivity contribution in [2.24, 2.45) is 5.73 Å². The predicted octanol–water partition coefficient (Wildman–Crippen LogP) is 3.27. The molecule has 0 saturated heterocycles. The van der Waals surface area contributed by atoms with Gasteiger partial charge >= 0.3 is 0 Å². The molecule has 0 spiro atoms. The van der Waals surface area contributed by atoms with Crippen LogP contribution in [0, 0.1) is 5.82 Å². The molecule has 4 rings (SSSR count). The van der Waals surface area contributed by atoms with Gasteiger partial charge in [-0.25, -0.2) is 9.37 Å². The lowest BCUT2D eigenvalue weighted by molar-refractivity contribution is -0.122. The molecule has 1 amide bonds. The second-order valence-corrected chi connectivity index (χ2v) is 6.84. The van der Waals surface area contributed by atoms with Gasteiger partial charge in [0.05, 0.1) is 23.6 Å². The van der Waals surface area contributed by atoms with Gasteiger partial charge in [0.1, 0.15) is 23.1 Å². The van der Waals surface area contributed by atoms with Gasteiger partial charge in [0, 0.05) is 12.1 Å². The summed E-state index contributed by atoms with van der Waals surface area (Å²) in [4.78, 5) is 16.5. The minimum absolute atomic E-state index is 0.204. The molecule has 1 aliphatic rings. The van der Waals surface area contributed by atoms with Crippen molar-refractivity contribution in [2.75, 3.05) is 0 Å². The SMILES string of the molecule is C[C@H](N)C(=O)NCc1nc2ccc(Oc3ccc(F)cc3)cc2n1C1CC1. The molecule has 1 fully saturated rings. The molecule has 1 heterocycles. The number of carbonyl (C=O) groups is 1. The van der Waals surface area contributed by atoms with E-state index < -0.39 is 6.04 Å². The van der Waals surface area contributed by atoms with E-state index in [2.05, 4.69) is 14.9 Å². The molecule has 0 bridgehead atoms. The Labute approximate surface area is 156 Å². The maximum Gasteiger partial charge on any atom is 0.237 e. The highest BCUT2D eigenvalue weighted by molar-refractivity contribution is 5.81. The average molecular weight is 368 g/mol. The minimum Gasteiger partial charge on any atom is -0.457 e. The van der Waals surface area contributed by atoms with E-state index in [0.29, 0.717) is 24.1 Å². The fourth-order valence-corrected chi connectivity index (χ4v) is 3.02. The third-order valence-corrected chi connectivity index (χ3v) is 4.53. The van der Waals surface area contributed by atoms with Crippen molar-refractivity contribution in [3.05, 3.63) is 54.1 Å². The van der Waals surface area contributed by atoms with Crippen LogP contribution in [0.15, 0.2) is 42.5 Å². The lowest BCUT2D eigenvalue weighted by Gasteiger charge is -2.11.